The minimum Gasteiger partial charge on any atom is -0.313 e. The Labute approximate surface area is 77.0 Å². The maximum atomic E-state index is 3.69. The van der Waals surface area contributed by atoms with Crippen molar-refractivity contribution in [3.8, 4) is 0 Å². The quantitative estimate of drug-likeness (QED) is 0.426. The lowest BCUT2D eigenvalue weighted by atomic mass is 10.2. The second-order valence-electron chi connectivity index (χ2n) is 2.12. The summed E-state index contributed by atoms with van der Waals surface area (Å²) in [7, 11) is 0. The smallest absolute Gasteiger partial charge is 0.0234 e. The van der Waals surface area contributed by atoms with Crippen molar-refractivity contribution in [1.29, 1.82) is 0 Å². The van der Waals surface area contributed by atoms with Crippen LogP contribution in [-0.2, 0) is 0 Å². The molecule has 0 saturated heterocycles. The summed E-state index contributed by atoms with van der Waals surface area (Å²) < 4.78 is 3.10. The average molecular weight is 254 g/mol. The summed E-state index contributed by atoms with van der Waals surface area (Å²) in [5.74, 6) is 0. The van der Waals surface area contributed by atoms with Crippen molar-refractivity contribution < 1.29 is 0 Å². The number of likely N-dealkylation sites (N-methyl/N-ethyl adjacent to an activating group) is 1. The zero-order valence-electron chi connectivity index (χ0n) is 6.36. The third-order valence-electron chi connectivity index (χ3n) is 1.27. The third-order valence-corrected chi connectivity index (χ3v) is 1.71. The van der Waals surface area contributed by atoms with Crippen LogP contribution in [0.2, 0.25) is 0 Å². The van der Waals surface area contributed by atoms with E-state index in [0.29, 0.717) is 6.04 Å². The zero-order valence-corrected chi connectivity index (χ0v) is 8.52. The molecule has 3 heteroatoms. The number of hydrogen-bond donors (Lipinski definition) is 2. The molecular weight excluding hydrogens is 239 g/mol. The van der Waals surface area contributed by atoms with Gasteiger partial charge in [0, 0.05) is 35.5 Å². The lowest BCUT2D eigenvalue weighted by Crippen LogP contribution is -2.35. The van der Waals surface area contributed by atoms with Crippen molar-refractivity contribution >= 4 is 22.9 Å². The summed E-state index contributed by atoms with van der Waals surface area (Å²) in [5.41, 5.74) is 0. The summed E-state index contributed by atoms with van der Waals surface area (Å²) in [6.45, 7) is 7.83. The fraction of sp³-hybridized carbons (Fsp3) is 0.714. The van der Waals surface area contributed by atoms with Crippen LogP contribution >= 0.6 is 22.9 Å². The van der Waals surface area contributed by atoms with Crippen LogP contribution in [0, 0.1) is 0 Å². The maximum Gasteiger partial charge on any atom is 0.0234 e. The highest BCUT2D eigenvalue weighted by Gasteiger charge is 2.01. The van der Waals surface area contributed by atoms with Gasteiger partial charge in [-0.1, -0.05) is 13.0 Å². The highest BCUT2D eigenvalue weighted by Crippen LogP contribution is 1.91. The van der Waals surface area contributed by atoms with Crippen LogP contribution in [0.25, 0.3) is 0 Å². The van der Waals surface area contributed by atoms with E-state index in [0.717, 1.165) is 19.5 Å². The van der Waals surface area contributed by atoms with E-state index in [-0.39, 0.29) is 0 Å². The summed E-state index contributed by atoms with van der Waals surface area (Å²) in [6.07, 6.45) is 2.98. The van der Waals surface area contributed by atoms with Gasteiger partial charge in [-0.2, -0.15) is 0 Å². The van der Waals surface area contributed by atoms with Crippen molar-refractivity contribution in [2.24, 2.45) is 0 Å². The highest BCUT2D eigenvalue weighted by molar-refractivity contribution is 14.1. The van der Waals surface area contributed by atoms with Crippen molar-refractivity contribution in [2.45, 2.75) is 19.4 Å². The van der Waals surface area contributed by atoms with Crippen molar-refractivity contribution in [3.05, 3.63) is 12.7 Å². The zero-order chi connectivity index (χ0) is 7.82. The summed E-state index contributed by atoms with van der Waals surface area (Å²) in [4.78, 5) is 0. The van der Waals surface area contributed by atoms with E-state index in [4.69, 9.17) is 0 Å². The minimum absolute atomic E-state index is 0.541. The summed E-state index contributed by atoms with van der Waals surface area (Å²) in [6, 6.07) is 0.541. The molecule has 0 heterocycles. The van der Waals surface area contributed by atoms with Gasteiger partial charge in [-0.05, 0) is 13.0 Å². The Morgan fingerprint density at radius 1 is 1.70 bits per heavy atom. The molecule has 1 atom stereocenters. The third kappa shape index (κ3) is 5.20. The fourth-order valence-corrected chi connectivity index (χ4v) is 1.35. The first kappa shape index (κ1) is 10.4. The highest BCUT2D eigenvalue weighted by atomic mass is 127. The van der Waals surface area contributed by atoms with Crippen molar-refractivity contribution in [1.82, 2.24) is 8.85 Å². The van der Waals surface area contributed by atoms with Gasteiger partial charge in [0.2, 0.25) is 0 Å². The van der Waals surface area contributed by atoms with Crippen molar-refractivity contribution in [3.63, 3.8) is 0 Å². The Bertz CT molecular complexity index is 79.7. The van der Waals surface area contributed by atoms with Crippen LogP contribution in [0.3, 0.4) is 0 Å². The molecule has 0 spiro atoms. The van der Waals surface area contributed by atoms with Gasteiger partial charge < -0.3 is 5.32 Å². The molecule has 2 N–H and O–H groups in total. The second kappa shape index (κ2) is 7.50. The lowest BCUT2D eigenvalue weighted by molar-refractivity contribution is 0.534. The second-order valence-corrected chi connectivity index (χ2v) is 2.88. The van der Waals surface area contributed by atoms with Crippen LogP contribution in [0.4, 0.5) is 0 Å². The van der Waals surface area contributed by atoms with Crippen LogP contribution in [-0.4, -0.2) is 19.1 Å². The standard InChI is InChI=1S/C7H15IN2/c1-3-5-7(6-10-8)9-4-2/h3,7,9-10H,1,4-6H2,2H3. The first-order valence-corrected chi connectivity index (χ1v) is 4.60. The number of nitrogens with one attached hydrogen (secondary N) is 2. The van der Waals surface area contributed by atoms with Crippen LogP contribution in [0.15, 0.2) is 12.7 Å². The first-order valence-electron chi connectivity index (χ1n) is 3.52. The molecule has 0 aromatic carbocycles. The number of rotatable bonds is 6. The molecule has 0 amide bonds. The Balaban J connectivity index is 3.38. The molecule has 0 bridgehead atoms. The Morgan fingerprint density at radius 2 is 2.40 bits per heavy atom. The predicted octanol–water partition coefficient (Wildman–Crippen LogP) is 1.48. The van der Waals surface area contributed by atoms with Gasteiger partial charge in [-0.15, -0.1) is 6.58 Å². The van der Waals surface area contributed by atoms with Gasteiger partial charge in [0.25, 0.3) is 0 Å². The van der Waals surface area contributed by atoms with Crippen LogP contribution in [0.5, 0.6) is 0 Å². The van der Waals surface area contributed by atoms with Crippen molar-refractivity contribution in [2.75, 3.05) is 13.1 Å². The van der Waals surface area contributed by atoms with Gasteiger partial charge >= 0.3 is 0 Å². The van der Waals surface area contributed by atoms with E-state index in [1.807, 2.05) is 6.08 Å². The van der Waals surface area contributed by atoms with E-state index in [1.54, 1.807) is 0 Å². The molecule has 2 nitrogen and oxygen atoms in total. The molecule has 10 heavy (non-hydrogen) atoms. The molecule has 0 radical (unpaired) electrons. The molecule has 0 aliphatic rings. The average Bonchev–Trinajstić information content (AvgIpc) is 1.90. The number of halogens is 1. The van der Waals surface area contributed by atoms with E-state index in [1.165, 1.54) is 0 Å². The fourth-order valence-electron chi connectivity index (χ4n) is 0.822. The van der Waals surface area contributed by atoms with E-state index in [2.05, 4.69) is 45.2 Å². The molecule has 1 unspecified atom stereocenters. The summed E-state index contributed by atoms with van der Waals surface area (Å²) in [5, 5.41) is 3.35. The van der Waals surface area contributed by atoms with Gasteiger partial charge in [0.15, 0.2) is 0 Å². The molecule has 60 valence electrons. The Morgan fingerprint density at radius 3 is 2.80 bits per heavy atom. The Kier molecular flexibility index (Phi) is 7.79. The molecule has 0 aliphatic carbocycles. The van der Waals surface area contributed by atoms with Crippen LogP contribution < -0.4 is 8.85 Å². The van der Waals surface area contributed by atoms with E-state index in [9.17, 15) is 0 Å². The molecule has 0 rings (SSSR count). The van der Waals surface area contributed by atoms with Gasteiger partial charge in [-0.25, -0.2) is 0 Å². The molecule has 0 fully saturated rings. The normalized spacial score (nSPS) is 13.0. The van der Waals surface area contributed by atoms with Gasteiger partial charge in [0.05, 0.1) is 0 Å². The molecular formula is C7H15IN2. The summed E-state index contributed by atoms with van der Waals surface area (Å²) >= 11 is 2.16. The monoisotopic (exact) mass is 254 g/mol. The molecule has 0 aromatic rings. The van der Waals surface area contributed by atoms with E-state index < -0.39 is 0 Å². The Hall–Kier alpha value is 0.390. The predicted molar refractivity (Wildman–Crippen MR) is 54.3 cm³/mol. The number of hydrogen-bond acceptors (Lipinski definition) is 2. The molecule has 0 aliphatic heterocycles. The SMILES string of the molecule is C=CCC(CNI)NCC. The van der Waals surface area contributed by atoms with Crippen LogP contribution in [0.1, 0.15) is 13.3 Å². The minimum atomic E-state index is 0.541. The maximum absolute atomic E-state index is 3.69. The van der Waals surface area contributed by atoms with E-state index >= 15 is 0 Å². The lowest BCUT2D eigenvalue weighted by Gasteiger charge is -2.13. The van der Waals surface area contributed by atoms with Gasteiger partial charge in [0.1, 0.15) is 0 Å². The largest absolute Gasteiger partial charge is 0.313 e. The molecule has 0 aromatic heterocycles. The first-order chi connectivity index (χ1) is 4.85. The molecule has 0 saturated carbocycles. The topological polar surface area (TPSA) is 24.1 Å². The van der Waals surface area contributed by atoms with Gasteiger partial charge in [-0.3, -0.25) is 3.53 Å².